The molecule has 2 atom stereocenters. The molecule has 0 radical (unpaired) electrons. The SMILES string of the molecule is COc1ccccc1N1CC(C(=O)N2CCOC(C)C2)CC1=O. The minimum Gasteiger partial charge on any atom is -0.495 e. The molecule has 23 heavy (non-hydrogen) atoms. The van der Waals surface area contributed by atoms with Crippen molar-refractivity contribution in [1.82, 2.24) is 4.90 Å². The van der Waals surface area contributed by atoms with Gasteiger partial charge in [0.15, 0.2) is 0 Å². The summed E-state index contributed by atoms with van der Waals surface area (Å²) >= 11 is 0. The summed E-state index contributed by atoms with van der Waals surface area (Å²) in [7, 11) is 1.58. The van der Waals surface area contributed by atoms with Crippen LogP contribution in [0.1, 0.15) is 13.3 Å². The average Bonchev–Trinajstić information content (AvgIpc) is 2.95. The molecule has 0 spiro atoms. The van der Waals surface area contributed by atoms with Gasteiger partial charge in [0.25, 0.3) is 0 Å². The van der Waals surface area contributed by atoms with Gasteiger partial charge in [-0.3, -0.25) is 9.59 Å². The fourth-order valence-corrected chi connectivity index (χ4v) is 3.24. The van der Waals surface area contributed by atoms with Gasteiger partial charge in [-0.05, 0) is 19.1 Å². The number of rotatable bonds is 3. The smallest absolute Gasteiger partial charge is 0.228 e. The van der Waals surface area contributed by atoms with Gasteiger partial charge >= 0.3 is 0 Å². The van der Waals surface area contributed by atoms with Crippen LogP contribution in [-0.2, 0) is 14.3 Å². The van der Waals surface area contributed by atoms with Crippen molar-refractivity contribution in [2.75, 3.05) is 38.3 Å². The molecule has 2 aliphatic rings. The second-order valence-corrected chi connectivity index (χ2v) is 6.04. The number of ether oxygens (including phenoxy) is 2. The highest BCUT2D eigenvalue weighted by atomic mass is 16.5. The Kier molecular flexibility index (Phi) is 4.52. The fraction of sp³-hybridized carbons (Fsp3) is 0.529. The number of hydrogen-bond donors (Lipinski definition) is 0. The van der Waals surface area contributed by atoms with Gasteiger partial charge in [-0.2, -0.15) is 0 Å². The van der Waals surface area contributed by atoms with E-state index >= 15 is 0 Å². The Morgan fingerprint density at radius 2 is 2.09 bits per heavy atom. The lowest BCUT2D eigenvalue weighted by Crippen LogP contribution is -2.47. The standard InChI is InChI=1S/C17H22N2O4/c1-12-10-18(7-8-23-12)17(21)13-9-16(20)19(11-13)14-5-3-4-6-15(14)22-2/h3-6,12-13H,7-11H2,1-2H3. The van der Waals surface area contributed by atoms with Crippen LogP contribution in [0.25, 0.3) is 0 Å². The van der Waals surface area contributed by atoms with E-state index in [4.69, 9.17) is 9.47 Å². The van der Waals surface area contributed by atoms with Crippen molar-refractivity contribution in [2.45, 2.75) is 19.4 Å². The van der Waals surface area contributed by atoms with Crippen molar-refractivity contribution in [2.24, 2.45) is 5.92 Å². The quantitative estimate of drug-likeness (QED) is 0.843. The van der Waals surface area contributed by atoms with Crippen LogP contribution in [0.4, 0.5) is 5.69 Å². The van der Waals surface area contributed by atoms with Crippen LogP contribution in [0.2, 0.25) is 0 Å². The molecule has 0 N–H and O–H groups in total. The minimum absolute atomic E-state index is 0.0332. The number of amides is 2. The Bertz CT molecular complexity index is 604. The maximum atomic E-state index is 12.7. The lowest BCUT2D eigenvalue weighted by molar-refractivity contribution is -0.142. The minimum atomic E-state index is -0.294. The zero-order valence-electron chi connectivity index (χ0n) is 13.5. The van der Waals surface area contributed by atoms with Gasteiger partial charge in [-0.15, -0.1) is 0 Å². The molecule has 6 heteroatoms. The number of nitrogens with zero attached hydrogens (tertiary/aromatic N) is 2. The molecule has 3 rings (SSSR count). The number of para-hydroxylation sites is 2. The Morgan fingerprint density at radius 1 is 1.30 bits per heavy atom. The van der Waals surface area contributed by atoms with Gasteiger partial charge < -0.3 is 19.3 Å². The average molecular weight is 318 g/mol. The lowest BCUT2D eigenvalue weighted by atomic mass is 10.1. The zero-order chi connectivity index (χ0) is 16.4. The molecular weight excluding hydrogens is 296 g/mol. The molecular formula is C17H22N2O4. The Labute approximate surface area is 136 Å². The van der Waals surface area contributed by atoms with Crippen LogP contribution < -0.4 is 9.64 Å². The number of hydrogen-bond acceptors (Lipinski definition) is 4. The maximum absolute atomic E-state index is 12.7. The molecule has 2 fully saturated rings. The van der Waals surface area contributed by atoms with E-state index in [-0.39, 0.29) is 30.3 Å². The molecule has 0 bridgehead atoms. The van der Waals surface area contributed by atoms with Crippen LogP contribution in [0.5, 0.6) is 5.75 Å². The van der Waals surface area contributed by atoms with E-state index in [1.54, 1.807) is 12.0 Å². The molecule has 2 unspecified atom stereocenters. The molecule has 1 aromatic carbocycles. The first-order valence-corrected chi connectivity index (χ1v) is 7.94. The lowest BCUT2D eigenvalue weighted by Gasteiger charge is -2.32. The van der Waals surface area contributed by atoms with Crippen LogP contribution in [0, 0.1) is 5.92 Å². The van der Waals surface area contributed by atoms with Gasteiger partial charge in [0, 0.05) is 26.1 Å². The Morgan fingerprint density at radius 3 is 2.83 bits per heavy atom. The van der Waals surface area contributed by atoms with Gasteiger partial charge in [-0.25, -0.2) is 0 Å². The summed E-state index contributed by atoms with van der Waals surface area (Å²) in [6.07, 6.45) is 0.304. The number of carbonyl (C=O) groups excluding carboxylic acids is 2. The summed E-state index contributed by atoms with van der Waals surface area (Å²) in [6, 6.07) is 7.40. The van der Waals surface area contributed by atoms with Crippen molar-refractivity contribution in [1.29, 1.82) is 0 Å². The predicted octanol–water partition coefficient (Wildman–Crippen LogP) is 1.30. The molecule has 124 valence electrons. The molecule has 6 nitrogen and oxygen atoms in total. The van der Waals surface area contributed by atoms with E-state index in [9.17, 15) is 9.59 Å². The van der Waals surface area contributed by atoms with Crippen LogP contribution in [0.3, 0.4) is 0 Å². The topological polar surface area (TPSA) is 59.1 Å². The highest BCUT2D eigenvalue weighted by molar-refractivity contribution is 6.01. The molecule has 1 aromatic rings. The predicted molar refractivity (Wildman–Crippen MR) is 85.4 cm³/mol. The van der Waals surface area contributed by atoms with Crippen molar-refractivity contribution in [3.05, 3.63) is 24.3 Å². The summed E-state index contributed by atoms with van der Waals surface area (Å²) < 4.78 is 10.8. The first-order chi connectivity index (χ1) is 11.1. The van der Waals surface area contributed by atoms with Crippen LogP contribution in [-0.4, -0.2) is 56.2 Å². The van der Waals surface area contributed by atoms with Crippen molar-refractivity contribution >= 4 is 17.5 Å². The van der Waals surface area contributed by atoms with Crippen molar-refractivity contribution < 1.29 is 19.1 Å². The van der Waals surface area contributed by atoms with Crippen LogP contribution >= 0.6 is 0 Å². The molecule has 0 aromatic heterocycles. The number of benzene rings is 1. The van der Waals surface area contributed by atoms with Crippen molar-refractivity contribution in [3.63, 3.8) is 0 Å². The zero-order valence-corrected chi connectivity index (χ0v) is 13.5. The van der Waals surface area contributed by atoms with Gasteiger partial charge in [0.05, 0.1) is 31.4 Å². The summed E-state index contributed by atoms with van der Waals surface area (Å²) in [6.45, 7) is 4.12. The fourth-order valence-electron chi connectivity index (χ4n) is 3.24. The third kappa shape index (κ3) is 3.17. The molecule has 2 saturated heterocycles. The molecule has 2 aliphatic heterocycles. The largest absolute Gasteiger partial charge is 0.495 e. The van der Waals surface area contributed by atoms with E-state index < -0.39 is 0 Å². The molecule has 0 aliphatic carbocycles. The Balaban J connectivity index is 1.73. The highest BCUT2D eigenvalue weighted by Crippen LogP contribution is 2.33. The number of carbonyl (C=O) groups is 2. The molecule has 0 saturated carbocycles. The third-order valence-electron chi connectivity index (χ3n) is 4.40. The van der Waals surface area contributed by atoms with E-state index in [0.717, 1.165) is 5.69 Å². The second kappa shape index (κ2) is 6.58. The molecule has 2 heterocycles. The van der Waals surface area contributed by atoms with E-state index in [1.165, 1.54) is 0 Å². The van der Waals surface area contributed by atoms with Crippen LogP contribution in [0.15, 0.2) is 24.3 Å². The normalized spacial score (nSPS) is 24.9. The number of anilines is 1. The van der Waals surface area contributed by atoms with Gasteiger partial charge in [0.1, 0.15) is 5.75 Å². The number of methoxy groups -OCH3 is 1. The Hall–Kier alpha value is -2.08. The van der Waals surface area contributed by atoms with E-state index in [0.29, 0.717) is 32.0 Å². The van der Waals surface area contributed by atoms with Gasteiger partial charge in [-0.1, -0.05) is 12.1 Å². The summed E-state index contributed by atoms with van der Waals surface area (Å²) in [5, 5.41) is 0. The van der Waals surface area contributed by atoms with E-state index in [1.807, 2.05) is 36.1 Å². The second-order valence-electron chi connectivity index (χ2n) is 6.04. The maximum Gasteiger partial charge on any atom is 0.228 e. The van der Waals surface area contributed by atoms with Crippen molar-refractivity contribution in [3.8, 4) is 5.75 Å². The first kappa shape index (κ1) is 15.8. The summed E-state index contributed by atoms with van der Waals surface area (Å²) in [5.74, 6) is 0.367. The molecule has 2 amide bonds. The number of morpholine rings is 1. The van der Waals surface area contributed by atoms with Gasteiger partial charge in [0.2, 0.25) is 11.8 Å². The summed E-state index contributed by atoms with van der Waals surface area (Å²) in [4.78, 5) is 28.5. The first-order valence-electron chi connectivity index (χ1n) is 7.94. The van der Waals surface area contributed by atoms with E-state index in [2.05, 4.69) is 0 Å². The highest BCUT2D eigenvalue weighted by Gasteiger charge is 2.38. The third-order valence-corrected chi connectivity index (χ3v) is 4.40. The monoisotopic (exact) mass is 318 g/mol. The summed E-state index contributed by atoms with van der Waals surface area (Å²) in [5.41, 5.74) is 0.727.